The summed E-state index contributed by atoms with van der Waals surface area (Å²) in [4.78, 5) is 15.1. The van der Waals surface area contributed by atoms with E-state index in [2.05, 4.69) is 5.32 Å². The second-order valence-electron chi connectivity index (χ2n) is 5.32. The molecule has 1 fully saturated rings. The highest BCUT2D eigenvalue weighted by Gasteiger charge is 2.31. The first kappa shape index (κ1) is 14.5. The van der Waals surface area contributed by atoms with Gasteiger partial charge in [-0.25, -0.2) is 0 Å². The van der Waals surface area contributed by atoms with Crippen molar-refractivity contribution in [3.8, 4) is 0 Å². The minimum Gasteiger partial charge on any atom is -0.392 e. The van der Waals surface area contributed by atoms with E-state index in [0.717, 1.165) is 17.7 Å². The Morgan fingerprint density at radius 2 is 2.37 bits per heavy atom. The number of likely N-dealkylation sites (N-methyl/N-ethyl adjacent to an activating group) is 1. The van der Waals surface area contributed by atoms with Gasteiger partial charge >= 0.3 is 0 Å². The molecule has 0 saturated heterocycles. The van der Waals surface area contributed by atoms with Crippen LogP contribution in [0, 0.1) is 5.92 Å². The van der Waals surface area contributed by atoms with Crippen LogP contribution in [0.4, 0.5) is 0 Å². The first-order valence-electron chi connectivity index (χ1n) is 6.76. The maximum atomic E-state index is 12.0. The van der Waals surface area contributed by atoms with Crippen LogP contribution in [-0.4, -0.2) is 41.7 Å². The number of nitrogens with zero attached hydrogens (tertiary/aromatic N) is 1. The molecule has 1 heterocycles. The van der Waals surface area contributed by atoms with Crippen molar-refractivity contribution in [1.82, 2.24) is 10.2 Å². The molecule has 19 heavy (non-hydrogen) atoms. The number of aliphatic hydroxyl groups is 1. The summed E-state index contributed by atoms with van der Waals surface area (Å²) < 4.78 is 0. The Morgan fingerprint density at radius 1 is 1.63 bits per heavy atom. The van der Waals surface area contributed by atoms with Crippen LogP contribution in [-0.2, 0) is 11.3 Å². The highest BCUT2D eigenvalue weighted by molar-refractivity contribution is 7.09. The summed E-state index contributed by atoms with van der Waals surface area (Å²) >= 11 is 1.64. The SMILES string of the molecule is CC(C(=O)NCc1cccs1)N(C)CC(O)C1CC1. The molecule has 2 N–H and O–H groups in total. The molecule has 0 spiro atoms. The fourth-order valence-electron chi connectivity index (χ4n) is 2.02. The smallest absolute Gasteiger partial charge is 0.237 e. The van der Waals surface area contributed by atoms with Gasteiger partial charge in [-0.2, -0.15) is 0 Å². The molecule has 0 aliphatic heterocycles. The predicted molar refractivity (Wildman–Crippen MR) is 77.0 cm³/mol. The van der Waals surface area contributed by atoms with E-state index in [1.54, 1.807) is 11.3 Å². The second-order valence-corrected chi connectivity index (χ2v) is 6.35. The number of aliphatic hydroxyl groups excluding tert-OH is 1. The third-order valence-electron chi connectivity index (χ3n) is 3.70. The number of nitrogens with one attached hydrogen (secondary N) is 1. The molecule has 106 valence electrons. The van der Waals surface area contributed by atoms with Crippen molar-refractivity contribution in [2.45, 2.75) is 38.5 Å². The van der Waals surface area contributed by atoms with Crippen LogP contribution in [0.1, 0.15) is 24.6 Å². The summed E-state index contributed by atoms with van der Waals surface area (Å²) in [6.45, 7) is 3.03. The van der Waals surface area contributed by atoms with Gasteiger partial charge in [0.25, 0.3) is 0 Å². The molecule has 1 aromatic heterocycles. The summed E-state index contributed by atoms with van der Waals surface area (Å²) in [5.74, 6) is 0.461. The molecule has 1 amide bonds. The maximum absolute atomic E-state index is 12.0. The molecule has 0 aromatic carbocycles. The zero-order chi connectivity index (χ0) is 13.8. The molecule has 0 radical (unpaired) electrons. The van der Waals surface area contributed by atoms with E-state index in [0.29, 0.717) is 19.0 Å². The molecule has 2 atom stereocenters. The summed E-state index contributed by atoms with van der Waals surface area (Å²) in [5, 5.41) is 14.8. The van der Waals surface area contributed by atoms with E-state index >= 15 is 0 Å². The number of carbonyl (C=O) groups excluding carboxylic acids is 1. The van der Waals surface area contributed by atoms with Crippen molar-refractivity contribution in [1.29, 1.82) is 0 Å². The zero-order valence-electron chi connectivity index (χ0n) is 11.5. The zero-order valence-corrected chi connectivity index (χ0v) is 12.3. The predicted octanol–water partition coefficient (Wildman–Crippen LogP) is 1.46. The van der Waals surface area contributed by atoms with Gasteiger partial charge in [-0.05, 0) is 44.2 Å². The van der Waals surface area contributed by atoms with Crippen LogP contribution >= 0.6 is 11.3 Å². The van der Waals surface area contributed by atoms with Crippen LogP contribution in [0.3, 0.4) is 0 Å². The molecule has 1 saturated carbocycles. The van der Waals surface area contributed by atoms with E-state index in [4.69, 9.17) is 0 Å². The fraction of sp³-hybridized carbons (Fsp3) is 0.643. The Labute approximate surface area is 118 Å². The van der Waals surface area contributed by atoms with Gasteiger partial charge in [-0.15, -0.1) is 11.3 Å². The van der Waals surface area contributed by atoms with Crippen LogP contribution in [0.2, 0.25) is 0 Å². The number of thiophene rings is 1. The van der Waals surface area contributed by atoms with Gasteiger partial charge < -0.3 is 10.4 Å². The molecule has 5 heteroatoms. The van der Waals surface area contributed by atoms with Gasteiger partial charge in [0, 0.05) is 11.4 Å². The van der Waals surface area contributed by atoms with Crippen LogP contribution in [0.5, 0.6) is 0 Å². The van der Waals surface area contributed by atoms with Gasteiger partial charge in [0.05, 0.1) is 18.7 Å². The van der Waals surface area contributed by atoms with Crippen molar-refractivity contribution < 1.29 is 9.90 Å². The van der Waals surface area contributed by atoms with Crippen molar-refractivity contribution in [2.75, 3.05) is 13.6 Å². The maximum Gasteiger partial charge on any atom is 0.237 e. The first-order chi connectivity index (χ1) is 9.08. The number of carbonyl (C=O) groups is 1. The van der Waals surface area contributed by atoms with Gasteiger partial charge in [-0.1, -0.05) is 6.07 Å². The van der Waals surface area contributed by atoms with Crippen molar-refractivity contribution in [3.05, 3.63) is 22.4 Å². The van der Waals surface area contributed by atoms with Crippen molar-refractivity contribution in [2.24, 2.45) is 5.92 Å². The lowest BCUT2D eigenvalue weighted by Crippen LogP contribution is -2.45. The van der Waals surface area contributed by atoms with E-state index in [1.807, 2.05) is 36.4 Å². The topological polar surface area (TPSA) is 52.6 Å². The van der Waals surface area contributed by atoms with Crippen LogP contribution < -0.4 is 5.32 Å². The summed E-state index contributed by atoms with van der Waals surface area (Å²) in [7, 11) is 1.89. The standard InChI is InChI=1S/C14H22N2O2S/c1-10(16(2)9-13(17)11-5-6-11)14(18)15-8-12-4-3-7-19-12/h3-4,7,10-11,13,17H,5-6,8-9H2,1-2H3,(H,15,18). The molecular weight excluding hydrogens is 260 g/mol. The normalized spacial score (nSPS) is 18.3. The summed E-state index contributed by atoms with van der Waals surface area (Å²) in [6.07, 6.45) is 1.94. The molecule has 1 aromatic rings. The molecule has 2 rings (SSSR count). The van der Waals surface area contributed by atoms with Gasteiger partial charge in [0.2, 0.25) is 5.91 Å². The van der Waals surface area contributed by atoms with Gasteiger partial charge in [0.15, 0.2) is 0 Å². The largest absolute Gasteiger partial charge is 0.392 e. The number of hydrogen-bond acceptors (Lipinski definition) is 4. The van der Waals surface area contributed by atoms with Crippen LogP contribution in [0.15, 0.2) is 17.5 Å². The van der Waals surface area contributed by atoms with E-state index in [1.165, 1.54) is 0 Å². The molecule has 4 nitrogen and oxygen atoms in total. The van der Waals surface area contributed by atoms with E-state index in [-0.39, 0.29) is 18.1 Å². The van der Waals surface area contributed by atoms with Crippen molar-refractivity contribution >= 4 is 17.2 Å². The molecule has 1 aliphatic carbocycles. The fourth-order valence-corrected chi connectivity index (χ4v) is 2.66. The van der Waals surface area contributed by atoms with E-state index < -0.39 is 0 Å². The Morgan fingerprint density at radius 3 is 2.95 bits per heavy atom. The Balaban J connectivity index is 1.73. The highest BCUT2D eigenvalue weighted by Crippen LogP contribution is 2.32. The lowest BCUT2D eigenvalue weighted by Gasteiger charge is -2.26. The minimum atomic E-state index is -0.294. The van der Waals surface area contributed by atoms with E-state index in [9.17, 15) is 9.90 Å². The van der Waals surface area contributed by atoms with Gasteiger partial charge in [-0.3, -0.25) is 9.69 Å². The average Bonchev–Trinajstić information content (AvgIpc) is 3.12. The molecule has 2 unspecified atom stereocenters. The average molecular weight is 282 g/mol. The Kier molecular flexibility index (Phi) is 4.96. The highest BCUT2D eigenvalue weighted by atomic mass is 32.1. The number of hydrogen-bond donors (Lipinski definition) is 2. The molecular formula is C14H22N2O2S. The first-order valence-corrected chi connectivity index (χ1v) is 7.64. The van der Waals surface area contributed by atoms with Gasteiger partial charge in [0.1, 0.15) is 0 Å². The Hall–Kier alpha value is -0.910. The lowest BCUT2D eigenvalue weighted by atomic mass is 10.2. The molecule has 1 aliphatic rings. The van der Waals surface area contributed by atoms with Crippen LogP contribution in [0.25, 0.3) is 0 Å². The van der Waals surface area contributed by atoms with Crippen molar-refractivity contribution in [3.63, 3.8) is 0 Å². The second kappa shape index (κ2) is 6.50. The molecule has 0 bridgehead atoms. The summed E-state index contributed by atoms with van der Waals surface area (Å²) in [6, 6.07) is 3.78. The quantitative estimate of drug-likeness (QED) is 0.796. The summed E-state index contributed by atoms with van der Waals surface area (Å²) in [5.41, 5.74) is 0. The minimum absolute atomic E-state index is 0.0129. The third-order valence-corrected chi connectivity index (χ3v) is 4.58. The lowest BCUT2D eigenvalue weighted by molar-refractivity contribution is -0.126. The third kappa shape index (κ3) is 4.30. The number of rotatable bonds is 7. The number of amides is 1. The monoisotopic (exact) mass is 282 g/mol. The Bertz CT molecular complexity index is 404.